The van der Waals surface area contributed by atoms with Gasteiger partial charge in [-0.1, -0.05) is 18.9 Å². The van der Waals surface area contributed by atoms with Gasteiger partial charge in [0.1, 0.15) is 22.5 Å². The van der Waals surface area contributed by atoms with Crippen molar-refractivity contribution in [2.45, 2.75) is 36.6 Å². The Balaban J connectivity index is 2.09. The van der Waals surface area contributed by atoms with E-state index >= 15 is 0 Å². The zero-order chi connectivity index (χ0) is 14.9. The molecule has 0 amide bonds. The summed E-state index contributed by atoms with van der Waals surface area (Å²) >= 11 is 0.993. The van der Waals surface area contributed by atoms with E-state index in [1.165, 1.54) is 4.31 Å². The van der Waals surface area contributed by atoms with Gasteiger partial charge in [-0.3, -0.25) is 0 Å². The molecule has 1 aliphatic rings. The Morgan fingerprint density at radius 2 is 2.10 bits per heavy atom. The van der Waals surface area contributed by atoms with E-state index in [1.807, 2.05) is 6.07 Å². The third-order valence-electron chi connectivity index (χ3n) is 3.79. The number of rotatable bonds is 4. The molecule has 0 radical (unpaired) electrons. The van der Waals surface area contributed by atoms with Gasteiger partial charge in [0.15, 0.2) is 0 Å². The SMILES string of the molecule is N#CCN(C1CCCC1)S(=O)(=O)c1cccc2nsnc12. The van der Waals surface area contributed by atoms with Gasteiger partial charge < -0.3 is 0 Å². The van der Waals surface area contributed by atoms with Crippen LogP contribution in [0.2, 0.25) is 0 Å². The fourth-order valence-corrected chi connectivity index (χ4v) is 5.12. The molecular weight excluding hydrogens is 308 g/mol. The minimum absolute atomic E-state index is 0.0866. The number of aromatic nitrogens is 2. The number of hydrogen-bond acceptors (Lipinski definition) is 6. The molecule has 2 aromatic rings. The molecule has 110 valence electrons. The smallest absolute Gasteiger partial charge is 0.207 e. The molecule has 1 aromatic heterocycles. The van der Waals surface area contributed by atoms with Crippen LogP contribution in [0, 0.1) is 11.3 Å². The Bertz CT molecular complexity index is 788. The quantitative estimate of drug-likeness (QED) is 0.805. The van der Waals surface area contributed by atoms with Crippen LogP contribution in [-0.4, -0.2) is 34.1 Å². The van der Waals surface area contributed by atoms with E-state index in [1.54, 1.807) is 18.2 Å². The van der Waals surface area contributed by atoms with Gasteiger partial charge >= 0.3 is 0 Å². The Morgan fingerprint density at radius 1 is 1.33 bits per heavy atom. The lowest BCUT2D eigenvalue weighted by Gasteiger charge is -2.25. The maximum atomic E-state index is 12.9. The van der Waals surface area contributed by atoms with Gasteiger partial charge in [-0.25, -0.2) is 8.42 Å². The molecule has 1 aromatic carbocycles. The molecule has 0 N–H and O–H groups in total. The van der Waals surface area contributed by atoms with Crippen LogP contribution in [0.1, 0.15) is 25.7 Å². The Kier molecular flexibility index (Phi) is 3.89. The number of sulfonamides is 1. The zero-order valence-electron chi connectivity index (χ0n) is 11.3. The summed E-state index contributed by atoms with van der Waals surface area (Å²) in [5.74, 6) is 0. The maximum absolute atomic E-state index is 12.9. The first kappa shape index (κ1) is 14.4. The van der Waals surface area contributed by atoms with Crippen LogP contribution >= 0.6 is 11.7 Å². The lowest BCUT2D eigenvalue weighted by atomic mass is 10.2. The number of nitriles is 1. The summed E-state index contributed by atoms with van der Waals surface area (Å²) in [7, 11) is -3.73. The van der Waals surface area contributed by atoms with Gasteiger partial charge in [0.25, 0.3) is 0 Å². The normalized spacial score (nSPS) is 16.6. The van der Waals surface area contributed by atoms with Crippen LogP contribution in [-0.2, 0) is 10.0 Å². The van der Waals surface area contributed by atoms with E-state index in [0.29, 0.717) is 11.0 Å². The second kappa shape index (κ2) is 5.67. The number of nitrogens with zero attached hydrogens (tertiary/aromatic N) is 4. The van der Waals surface area contributed by atoms with Crippen molar-refractivity contribution >= 4 is 32.8 Å². The predicted molar refractivity (Wildman–Crippen MR) is 79.2 cm³/mol. The molecule has 21 heavy (non-hydrogen) atoms. The summed E-state index contributed by atoms with van der Waals surface area (Å²) in [5, 5.41) is 9.00. The van der Waals surface area contributed by atoms with E-state index in [9.17, 15) is 8.42 Å². The molecule has 0 unspecified atom stereocenters. The molecule has 0 spiro atoms. The van der Waals surface area contributed by atoms with Gasteiger partial charge in [0.2, 0.25) is 10.0 Å². The molecule has 0 aliphatic heterocycles. The molecule has 0 atom stereocenters. The van der Waals surface area contributed by atoms with Crippen molar-refractivity contribution in [2.75, 3.05) is 6.54 Å². The molecule has 6 nitrogen and oxygen atoms in total. The van der Waals surface area contributed by atoms with E-state index in [4.69, 9.17) is 5.26 Å². The lowest BCUT2D eigenvalue weighted by Crippen LogP contribution is -2.39. The summed E-state index contributed by atoms with van der Waals surface area (Å²) in [5.41, 5.74) is 0.966. The van der Waals surface area contributed by atoms with Crippen molar-refractivity contribution < 1.29 is 8.42 Å². The molecule has 3 rings (SSSR count). The molecule has 1 heterocycles. The second-order valence-corrected chi connectivity index (χ2v) is 7.42. The van der Waals surface area contributed by atoms with E-state index < -0.39 is 10.0 Å². The summed E-state index contributed by atoms with van der Waals surface area (Å²) in [4.78, 5) is 0.149. The van der Waals surface area contributed by atoms with Gasteiger partial charge in [0, 0.05) is 6.04 Å². The van der Waals surface area contributed by atoms with Crippen molar-refractivity contribution in [3.63, 3.8) is 0 Å². The van der Waals surface area contributed by atoms with Crippen molar-refractivity contribution in [2.24, 2.45) is 0 Å². The second-order valence-electron chi connectivity index (χ2n) is 5.03. The number of hydrogen-bond donors (Lipinski definition) is 0. The average molecular weight is 322 g/mol. The number of benzene rings is 1. The fourth-order valence-electron chi connectivity index (χ4n) is 2.79. The summed E-state index contributed by atoms with van der Waals surface area (Å²) in [6, 6.07) is 6.83. The Hall–Kier alpha value is -1.56. The topological polar surface area (TPSA) is 87.0 Å². The van der Waals surface area contributed by atoms with Gasteiger partial charge in [0.05, 0.1) is 17.8 Å². The van der Waals surface area contributed by atoms with Crippen molar-refractivity contribution in [1.29, 1.82) is 5.26 Å². The molecule has 1 fully saturated rings. The summed E-state index contributed by atoms with van der Waals surface area (Å²) < 4.78 is 35.4. The summed E-state index contributed by atoms with van der Waals surface area (Å²) in [6.45, 7) is -0.124. The highest BCUT2D eigenvalue weighted by Crippen LogP contribution is 2.30. The highest BCUT2D eigenvalue weighted by Gasteiger charge is 2.34. The summed E-state index contributed by atoms with van der Waals surface area (Å²) in [6.07, 6.45) is 3.63. The molecule has 1 saturated carbocycles. The monoisotopic (exact) mass is 322 g/mol. The van der Waals surface area contributed by atoms with Crippen molar-refractivity contribution in [3.05, 3.63) is 18.2 Å². The van der Waals surface area contributed by atoms with E-state index in [-0.39, 0.29) is 17.5 Å². The van der Waals surface area contributed by atoms with Crippen LogP contribution in [0.15, 0.2) is 23.1 Å². The standard InChI is InChI=1S/C13H14N4O2S2/c14-8-9-17(10-4-1-2-5-10)21(18,19)12-7-3-6-11-13(12)16-20-15-11/h3,6-7,10H,1-2,4-5,9H2. The molecule has 1 aliphatic carbocycles. The third kappa shape index (κ3) is 2.52. The van der Waals surface area contributed by atoms with Crippen molar-refractivity contribution in [1.82, 2.24) is 13.1 Å². The minimum atomic E-state index is -3.73. The minimum Gasteiger partial charge on any atom is -0.207 e. The molecule has 0 bridgehead atoms. The van der Waals surface area contributed by atoms with Crippen LogP contribution in [0.25, 0.3) is 11.0 Å². The van der Waals surface area contributed by atoms with Gasteiger partial charge in [-0.05, 0) is 25.0 Å². The van der Waals surface area contributed by atoms with Crippen LogP contribution in [0.5, 0.6) is 0 Å². The van der Waals surface area contributed by atoms with E-state index in [0.717, 1.165) is 37.4 Å². The highest BCUT2D eigenvalue weighted by atomic mass is 32.2. The van der Waals surface area contributed by atoms with Crippen LogP contribution in [0.3, 0.4) is 0 Å². The Labute approximate surface area is 127 Å². The first-order valence-electron chi connectivity index (χ1n) is 6.74. The average Bonchev–Trinajstić information content (AvgIpc) is 3.14. The van der Waals surface area contributed by atoms with Crippen LogP contribution in [0.4, 0.5) is 0 Å². The molecule has 8 heteroatoms. The molecule has 0 saturated heterocycles. The first-order chi connectivity index (χ1) is 10.1. The lowest BCUT2D eigenvalue weighted by molar-refractivity contribution is 0.350. The van der Waals surface area contributed by atoms with Crippen LogP contribution < -0.4 is 0 Å². The van der Waals surface area contributed by atoms with E-state index in [2.05, 4.69) is 8.75 Å². The number of fused-ring (bicyclic) bond motifs is 1. The predicted octanol–water partition coefficient (Wildman–Crippen LogP) is 2.15. The third-order valence-corrected chi connectivity index (χ3v) is 6.27. The first-order valence-corrected chi connectivity index (χ1v) is 8.91. The van der Waals surface area contributed by atoms with Gasteiger partial charge in [-0.2, -0.15) is 18.3 Å². The van der Waals surface area contributed by atoms with Crippen molar-refractivity contribution in [3.8, 4) is 6.07 Å². The molecular formula is C13H14N4O2S2. The van der Waals surface area contributed by atoms with Gasteiger partial charge in [-0.15, -0.1) is 0 Å². The maximum Gasteiger partial charge on any atom is 0.246 e. The highest BCUT2D eigenvalue weighted by molar-refractivity contribution is 7.89. The Morgan fingerprint density at radius 3 is 2.81 bits per heavy atom. The fraction of sp³-hybridized carbons (Fsp3) is 0.462. The zero-order valence-corrected chi connectivity index (χ0v) is 12.9. The largest absolute Gasteiger partial charge is 0.246 e.